The lowest BCUT2D eigenvalue weighted by Gasteiger charge is -2.26. The van der Waals surface area contributed by atoms with Gasteiger partial charge in [-0.25, -0.2) is 9.80 Å². The molecule has 2 aromatic heterocycles. The first-order chi connectivity index (χ1) is 16.4. The summed E-state index contributed by atoms with van der Waals surface area (Å²) >= 11 is 7.53. The Morgan fingerprint density at radius 1 is 1.24 bits per heavy atom. The second kappa shape index (κ2) is 8.73. The van der Waals surface area contributed by atoms with Crippen LogP contribution in [0.25, 0.3) is 0 Å². The lowest BCUT2D eigenvalue weighted by molar-refractivity contribution is -0.140. The molecule has 174 valence electrons. The smallest absolute Gasteiger partial charge is 0.325 e. The highest BCUT2D eigenvalue weighted by Gasteiger charge is 2.52. The summed E-state index contributed by atoms with van der Waals surface area (Å²) in [4.78, 5) is 41.6. The maximum atomic E-state index is 13.5. The summed E-state index contributed by atoms with van der Waals surface area (Å²) in [5.41, 5.74) is 0.116. The molecule has 5 rings (SSSR count). The Kier molecular flexibility index (Phi) is 5.75. The van der Waals surface area contributed by atoms with E-state index in [0.29, 0.717) is 29.2 Å². The minimum absolute atomic E-state index is 0.323. The molecule has 1 aromatic carbocycles. The SMILES string of the molecule is CCC1(c2ccc(Cl)cc2)NC(=O)N(CC(=O)N2N=C(c3cccs3)CC2c2ccco2)C1=O. The van der Waals surface area contributed by atoms with E-state index in [4.69, 9.17) is 16.0 Å². The number of amides is 4. The van der Waals surface area contributed by atoms with Crippen LogP contribution >= 0.6 is 22.9 Å². The van der Waals surface area contributed by atoms with E-state index >= 15 is 0 Å². The summed E-state index contributed by atoms with van der Waals surface area (Å²) in [6.45, 7) is 1.38. The molecule has 1 fully saturated rings. The summed E-state index contributed by atoms with van der Waals surface area (Å²) in [5, 5.41) is 11.1. The fraction of sp³-hybridized carbons (Fsp3) is 0.250. The van der Waals surface area contributed by atoms with E-state index in [-0.39, 0.29) is 0 Å². The molecule has 0 bridgehead atoms. The predicted octanol–water partition coefficient (Wildman–Crippen LogP) is 4.53. The van der Waals surface area contributed by atoms with Crippen molar-refractivity contribution in [2.75, 3.05) is 6.54 Å². The zero-order valence-corrected chi connectivity index (χ0v) is 19.8. The highest BCUT2D eigenvalue weighted by Crippen LogP contribution is 2.36. The third-order valence-corrected chi connectivity index (χ3v) is 7.35. The van der Waals surface area contributed by atoms with Crippen molar-refractivity contribution in [3.8, 4) is 0 Å². The Hall–Kier alpha value is -3.43. The second-order valence-corrected chi connectivity index (χ2v) is 9.47. The topological polar surface area (TPSA) is 95.2 Å². The Morgan fingerprint density at radius 2 is 2.03 bits per heavy atom. The first kappa shape index (κ1) is 22.4. The van der Waals surface area contributed by atoms with Gasteiger partial charge in [0, 0.05) is 11.4 Å². The van der Waals surface area contributed by atoms with Crippen molar-refractivity contribution in [1.82, 2.24) is 15.2 Å². The van der Waals surface area contributed by atoms with Gasteiger partial charge >= 0.3 is 6.03 Å². The zero-order chi connectivity index (χ0) is 23.9. The van der Waals surface area contributed by atoms with Crippen molar-refractivity contribution in [3.05, 3.63) is 81.4 Å². The van der Waals surface area contributed by atoms with Crippen LogP contribution < -0.4 is 5.32 Å². The quantitative estimate of drug-likeness (QED) is 0.507. The van der Waals surface area contributed by atoms with Crippen LogP contribution in [-0.4, -0.2) is 40.0 Å². The van der Waals surface area contributed by atoms with Gasteiger partial charge in [0.25, 0.3) is 11.8 Å². The number of nitrogens with zero attached hydrogens (tertiary/aromatic N) is 3. The average molecular weight is 497 g/mol. The molecule has 2 atom stereocenters. The number of carbonyl (C=O) groups excluding carboxylic acids is 3. The number of carbonyl (C=O) groups is 3. The van der Waals surface area contributed by atoms with Gasteiger partial charge in [-0.05, 0) is 47.7 Å². The molecule has 1 N–H and O–H groups in total. The molecule has 4 amide bonds. The minimum Gasteiger partial charge on any atom is -0.467 e. The van der Waals surface area contributed by atoms with Crippen molar-refractivity contribution >= 4 is 46.5 Å². The summed E-state index contributed by atoms with van der Waals surface area (Å²) in [6, 6.07) is 13.1. The lowest BCUT2D eigenvalue weighted by atomic mass is 9.87. The maximum Gasteiger partial charge on any atom is 0.325 e. The van der Waals surface area contributed by atoms with Gasteiger partial charge in [0.05, 0.1) is 16.9 Å². The summed E-state index contributed by atoms with van der Waals surface area (Å²) in [6.07, 6.45) is 2.34. The normalized spacial score (nSPS) is 22.3. The van der Waals surface area contributed by atoms with E-state index in [1.807, 2.05) is 24.4 Å². The number of benzene rings is 1. The first-order valence-corrected chi connectivity index (χ1v) is 12.1. The van der Waals surface area contributed by atoms with Crippen molar-refractivity contribution in [3.63, 3.8) is 0 Å². The average Bonchev–Trinajstić information content (AvgIpc) is 3.63. The largest absolute Gasteiger partial charge is 0.467 e. The standard InChI is InChI=1S/C24H21ClN4O4S/c1-2-24(15-7-9-16(25)10-8-15)22(31)28(23(32)26-24)14-21(30)29-18(19-5-3-11-33-19)13-17(27-29)20-6-4-12-34-20/h3-12,18H,2,13-14H2,1H3,(H,26,32). The zero-order valence-electron chi connectivity index (χ0n) is 18.2. The van der Waals surface area contributed by atoms with Gasteiger partial charge in [-0.3, -0.25) is 14.5 Å². The Balaban J connectivity index is 1.41. The minimum atomic E-state index is -1.25. The van der Waals surface area contributed by atoms with Crippen LogP contribution in [0.2, 0.25) is 5.02 Å². The van der Waals surface area contributed by atoms with E-state index in [1.165, 1.54) is 16.3 Å². The molecule has 8 nitrogen and oxygen atoms in total. The second-order valence-electron chi connectivity index (χ2n) is 8.08. The first-order valence-electron chi connectivity index (χ1n) is 10.8. The van der Waals surface area contributed by atoms with E-state index < -0.39 is 36.0 Å². The van der Waals surface area contributed by atoms with Crippen molar-refractivity contribution in [2.24, 2.45) is 5.10 Å². The van der Waals surface area contributed by atoms with Crippen molar-refractivity contribution in [1.29, 1.82) is 0 Å². The molecule has 34 heavy (non-hydrogen) atoms. The molecule has 0 aliphatic carbocycles. The third-order valence-electron chi connectivity index (χ3n) is 6.18. The Morgan fingerprint density at radius 3 is 2.68 bits per heavy atom. The monoisotopic (exact) mass is 496 g/mol. The molecule has 0 spiro atoms. The highest BCUT2D eigenvalue weighted by atomic mass is 35.5. The molecule has 3 aromatic rings. The number of nitrogens with one attached hydrogen (secondary N) is 1. The van der Waals surface area contributed by atoms with E-state index in [2.05, 4.69) is 10.4 Å². The number of halogens is 1. The molecule has 0 radical (unpaired) electrons. The Labute approximate surface area is 204 Å². The van der Waals surface area contributed by atoms with Crippen molar-refractivity contribution < 1.29 is 18.8 Å². The number of thiophene rings is 1. The molecular formula is C24H21ClN4O4S. The molecule has 1 saturated heterocycles. The Bertz CT molecular complexity index is 1260. The van der Waals surface area contributed by atoms with Gasteiger partial charge in [-0.15, -0.1) is 11.3 Å². The van der Waals surface area contributed by atoms with Crippen molar-refractivity contribution in [2.45, 2.75) is 31.3 Å². The number of hydrogen-bond donors (Lipinski definition) is 1. The molecule has 2 aliphatic heterocycles. The van der Waals surface area contributed by atoms with Crippen LogP contribution in [0.3, 0.4) is 0 Å². The van der Waals surface area contributed by atoms with Crippen LogP contribution in [0.15, 0.2) is 69.7 Å². The van der Waals surface area contributed by atoms with Crippen LogP contribution in [0.4, 0.5) is 4.79 Å². The fourth-order valence-corrected chi connectivity index (χ4v) is 5.23. The number of imide groups is 1. The number of urea groups is 1. The maximum absolute atomic E-state index is 13.5. The summed E-state index contributed by atoms with van der Waals surface area (Å²) in [7, 11) is 0. The van der Waals surface area contributed by atoms with Gasteiger partial charge in [0.2, 0.25) is 0 Å². The number of hydrazone groups is 1. The van der Waals surface area contributed by atoms with E-state index in [9.17, 15) is 14.4 Å². The molecule has 4 heterocycles. The summed E-state index contributed by atoms with van der Waals surface area (Å²) < 4.78 is 5.56. The van der Waals surface area contributed by atoms with E-state index in [1.54, 1.807) is 42.7 Å². The summed E-state index contributed by atoms with van der Waals surface area (Å²) in [5.74, 6) is -0.365. The predicted molar refractivity (Wildman–Crippen MR) is 127 cm³/mol. The highest BCUT2D eigenvalue weighted by molar-refractivity contribution is 7.12. The van der Waals surface area contributed by atoms with Gasteiger partial charge in [-0.1, -0.05) is 36.7 Å². The van der Waals surface area contributed by atoms with Crippen LogP contribution in [0.5, 0.6) is 0 Å². The molecule has 2 unspecified atom stereocenters. The molecule has 10 heteroatoms. The van der Waals surface area contributed by atoms with Crippen LogP contribution in [-0.2, 0) is 15.1 Å². The third kappa shape index (κ3) is 3.70. The molecule has 2 aliphatic rings. The number of hydrogen-bond acceptors (Lipinski definition) is 6. The lowest BCUT2D eigenvalue weighted by Crippen LogP contribution is -2.45. The molecular weight excluding hydrogens is 476 g/mol. The van der Waals surface area contributed by atoms with Gasteiger partial charge in [0.15, 0.2) is 0 Å². The van der Waals surface area contributed by atoms with Gasteiger partial charge in [0.1, 0.15) is 23.9 Å². The number of furan rings is 1. The van der Waals surface area contributed by atoms with Gasteiger partial charge < -0.3 is 9.73 Å². The van der Waals surface area contributed by atoms with E-state index in [0.717, 1.165) is 15.5 Å². The van der Waals surface area contributed by atoms with Crippen LogP contribution in [0.1, 0.15) is 42.0 Å². The number of rotatable bonds is 6. The van der Waals surface area contributed by atoms with Gasteiger partial charge in [-0.2, -0.15) is 5.10 Å². The van der Waals surface area contributed by atoms with Crippen LogP contribution in [0, 0.1) is 0 Å². The molecule has 0 saturated carbocycles. The fourth-order valence-electron chi connectivity index (χ4n) is 4.39.